The molecular formula is C11H17N3O2. The summed E-state index contributed by atoms with van der Waals surface area (Å²) in [7, 11) is 0. The first-order valence-electron chi connectivity index (χ1n) is 5.23. The van der Waals surface area contributed by atoms with E-state index in [9.17, 15) is 9.90 Å². The molecule has 0 aliphatic heterocycles. The van der Waals surface area contributed by atoms with Crippen LogP contribution in [0.25, 0.3) is 0 Å². The zero-order valence-corrected chi connectivity index (χ0v) is 9.55. The van der Waals surface area contributed by atoms with Crippen molar-refractivity contribution < 1.29 is 9.90 Å². The van der Waals surface area contributed by atoms with Crippen LogP contribution in [0.2, 0.25) is 0 Å². The topological polar surface area (TPSA) is 89.1 Å². The molecule has 0 aliphatic rings. The smallest absolute Gasteiger partial charge is 0.220 e. The second kappa shape index (κ2) is 5.03. The molecule has 5 nitrogen and oxygen atoms in total. The van der Waals surface area contributed by atoms with Crippen molar-refractivity contribution >= 4 is 5.91 Å². The molecule has 88 valence electrons. The minimum atomic E-state index is -1.16. The molecule has 0 aliphatic carbocycles. The van der Waals surface area contributed by atoms with Crippen LogP contribution in [0, 0.1) is 0 Å². The van der Waals surface area contributed by atoms with Gasteiger partial charge in [0.05, 0.1) is 12.0 Å². The van der Waals surface area contributed by atoms with Crippen LogP contribution in [-0.2, 0) is 4.79 Å². The van der Waals surface area contributed by atoms with Crippen LogP contribution in [0.15, 0.2) is 18.7 Å². The third-order valence-corrected chi connectivity index (χ3v) is 2.67. The lowest BCUT2D eigenvalue weighted by Gasteiger charge is -2.31. The average Bonchev–Trinajstić information content (AvgIpc) is 2.17. The Morgan fingerprint density at radius 2 is 2.12 bits per heavy atom. The van der Waals surface area contributed by atoms with Gasteiger partial charge in [0, 0.05) is 18.3 Å². The number of nitrogens with two attached hydrogens (primary N) is 1. The summed E-state index contributed by atoms with van der Waals surface area (Å²) in [5, 5.41) is 10.2. The maximum absolute atomic E-state index is 10.9. The van der Waals surface area contributed by atoms with Gasteiger partial charge in [-0.3, -0.25) is 4.79 Å². The van der Waals surface area contributed by atoms with E-state index in [0.29, 0.717) is 6.42 Å². The molecule has 2 unspecified atom stereocenters. The molecule has 1 rings (SSSR count). The van der Waals surface area contributed by atoms with E-state index in [4.69, 9.17) is 5.73 Å². The van der Waals surface area contributed by atoms with E-state index in [1.807, 2.05) is 6.92 Å². The van der Waals surface area contributed by atoms with Crippen LogP contribution in [0.5, 0.6) is 0 Å². The Morgan fingerprint density at radius 1 is 1.56 bits per heavy atom. The first-order valence-corrected chi connectivity index (χ1v) is 5.23. The van der Waals surface area contributed by atoms with Gasteiger partial charge >= 0.3 is 0 Å². The first-order chi connectivity index (χ1) is 7.47. The van der Waals surface area contributed by atoms with Gasteiger partial charge in [0.15, 0.2) is 0 Å². The fraction of sp³-hybridized carbons (Fsp3) is 0.545. The van der Waals surface area contributed by atoms with Crippen molar-refractivity contribution in [3.63, 3.8) is 0 Å². The molecule has 3 N–H and O–H groups in total. The summed E-state index contributed by atoms with van der Waals surface area (Å²) >= 11 is 0. The standard InChI is InChI=1S/C11H17N3O2/c1-3-9(8-5-13-7-14-6-8)11(2,16)4-10(12)15/h5-7,9,16H,3-4H2,1-2H3,(H2,12,15). The second-order valence-electron chi connectivity index (χ2n) is 4.13. The van der Waals surface area contributed by atoms with E-state index in [1.54, 1.807) is 19.3 Å². The van der Waals surface area contributed by atoms with Crippen molar-refractivity contribution in [2.75, 3.05) is 0 Å². The molecule has 0 radical (unpaired) electrons. The number of aliphatic hydroxyl groups is 1. The summed E-state index contributed by atoms with van der Waals surface area (Å²) in [6.07, 6.45) is 5.35. The van der Waals surface area contributed by atoms with Crippen LogP contribution < -0.4 is 5.73 Å². The van der Waals surface area contributed by atoms with Crippen LogP contribution in [-0.4, -0.2) is 26.6 Å². The first kappa shape index (κ1) is 12.6. The van der Waals surface area contributed by atoms with E-state index in [-0.39, 0.29) is 12.3 Å². The van der Waals surface area contributed by atoms with Crippen LogP contribution in [0.3, 0.4) is 0 Å². The minimum absolute atomic E-state index is 0.0690. The second-order valence-corrected chi connectivity index (χ2v) is 4.13. The zero-order chi connectivity index (χ0) is 12.2. The normalized spacial score (nSPS) is 16.4. The van der Waals surface area contributed by atoms with Crippen LogP contribution in [0.1, 0.15) is 38.2 Å². The van der Waals surface area contributed by atoms with Crippen molar-refractivity contribution in [1.29, 1.82) is 0 Å². The predicted octanol–water partition coefficient (Wildman–Crippen LogP) is 0.597. The molecule has 1 aromatic heterocycles. The molecule has 1 aromatic rings. The molecule has 5 heteroatoms. The van der Waals surface area contributed by atoms with E-state index < -0.39 is 11.5 Å². The highest BCUT2D eigenvalue weighted by Gasteiger charge is 2.33. The largest absolute Gasteiger partial charge is 0.389 e. The molecule has 16 heavy (non-hydrogen) atoms. The van der Waals surface area contributed by atoms with E-state index in [0.717, 1.165) is 5.56 Å². The number of aromatic nitrogens is 2. The molecule has 0 spiro atoms. The van der Waals surface area contributed by atoms with Gasteiger partial charge in [-0.05, 0) is 18.9 Å². The Hall–Kier alpha value is -1.49. The van der Waals surface area contributed by atoms with Crippen LogP contribution in [0.4, 0.5) is 0 Å². The number of hydrogen-bond acceptors (Lipinski definition) is 4. The Bertz CT molecular complexity index is 352. The highest BCUT2D eigenvalue weighted by atomic mass is 16.3. The van der Waals surface area contributed by atoms with Gasteiger partial charge in [-0.25, -0.2) is 9.97 Å². The van der Waals surface area contributed by atoms with Gasteiger partial charge in [0.2, 0.25) is 5.91 Å². The summed E-state index contributed by atoms with van der Waals surface area (Å²) in [6, 6.07) is 0. The monoisotopic (exact) mass is 223 g/mol. The molecular weight excluding hydrogens is 206 g/mol. The molecule has 0 bridgehead atoms. The Morgan fingerprint density at radius 3 is 2.56 bits per heavy atom. The lowest BCUT2D eigenvalue weighted by molar-refractivity contribution is -0.123. The summed E-state index contributed by atoms with van der Waals surface area (Å²) in [5.41, 5.74) is 4.77. The predicted molar refractivity (Wildman–Crippen MR) is 59.5 cm³/mol. The van der Waals surface area contributed by atoms with Gasteiger partial charge in [0.1, 0.15) is 6.33 Å². The highest BCUT2D eigenvalue weighted by Crippen LogP contribution is 2.32. The minimum Gasteiger partial charge on any atom is -0.389 e. The molecule has 0 fully saturated rings. The fourth-order valence-electron chi connectivity index (χ4n) is 2.00. The number of nitrogens with zero attached hydrogens (tertiary/aromatic N) is 2. The van der Waals surface area contributed by atoms with Gasteiger partial charge in [-0.2, -0.15) is 0 Å². The molecule has 0 saturated carbocycles. The summed E-state index contributed by atoms with van der Waals surface area (Å²) < 4.78 is 0. The van der Waals surface area contributed by atoms with Crippen molar-refractivity contribution in [3.8, 4) is 0 Å². The zero-order valence-electron chi connectivity index (χ0n) is 9.55. The Kier molecular flexibility index (Phi) is 3.95. The Labute approximate surface area is 94.7 Å². The molecule has 2 atom stereocenters. The van der Waals surface area contributed by atoms with E-state index >= 15 is 0 Å². The summed E-state index contributed by atoms with van der Waals surface area (Å²) in [4.78, 5) is 18.7. The Balaban J connectivity index is 2.94. The fourth-order valence-corrected chi connectivity index (χ4v) is 2.00. The number of primary amides is 1. The number of amides is 1. The number of rotatable bonds is 5. The maximum atomic E-state index is 10.9. The van der Waals surface area contributed by atoms with E-state index in [2.05, 4.69) is 9.97 Å². The van der Waals surface area contributed by atoms with Crippen molar-refractivity contribution in [3.05, 3.63) is 24.3 Å². The third kappa shape index (κ3) is 3.00. The van der Waals surface area contributed by atoms with Crippen LogP contribution >= 0.6 is 0 Å². The lowest BCUT2D eigenvalue weighted by atomic mass is 9.80. The van der Waals surface area contributed by atoms with Gasteiger partial charge in [-0.1, -0.05) is 6.92 Å². The lowest BCUT2D eigenvalue weighted by Crippen LogP contribution is -2.37. The van der Waals surface area contributed by atoms with Crippen molar-refractivity contribution in [2.45, 2.75) is 38.2 Å². The van der Waals surface area contributed by atoms with Gasteiger partial charge < -0.3 is 10.8 Å². The summed E-state index contributed by atoms with van der Waals surface area (Å²) in [5.74, 6) is -0.707. The SMILES string of the molecule is CCC(c1cncnc1)C(C)(O)CC(N)=O. The number of carbonyl (C=O) groups excluding carboxylic acids is 1. The van der Waals surface area contributed by atoms with Gasteiger partial charge in [0.25, 0.3) is 0 Å². The van der Waals surface area contributed by atoms with Crippen molar-refractivity contribution in [2.24, 2.45) is 5.73 Å². The third-order valence-electron chi connectivity index (χ3n) is 2.67. The highest BCUT2D eigenvalue weighted by molar-refractivity contribution is 5.75. The quantitative estimate of drug-likeness (QED) is 0.764. The molecule has 0 saturated heterocycles. The average molecular weight is 223 g/mol. The van der Waals surface area contributed by atoms with Crippen molar-refractivity contribution in [1.82, 2.24) is 9.97 Å². The molecule has 1 heterocycles. The number of hydrogen-bond donors (Lipinski definition) is 2. The molecule has 1 amide bonds. The summed E-state index contributed by atoms with van der Waals surface area (Å²) in [6.45, 7) is 3.55. The number of carbonyl (C=O) groups is 1. The van der Waals surface area contributed by atoms with Gasteiger partial charge in [-0.15, -0.1) is 0 Å². The maximum Gasteiger partial charge on any atom is 0.220 e. The van der Waals surface area contributed by atoms with E-state index in [1.165, 1.54) is 6.33 Å². The molecule has 0 aromatic carbocycles.